The fraction of sp³-hybridized carbons (Fsp3) is 0.391. The summed E-state index contributed by atoms with van der Waals surface area (Å²) in [5.74, 6) is 1.58. The summed E-state index contributed by atoms with van der Waals surface area (Å²) in [6.07, 6.45) is 3.73. The van der Waals surface area contributed by atoms with Gasteiger partial charge >= 0.3 is 0 Å². The third kappa shape index (κ3) is 3.67. The minimum absolute atomic E-state index is 0.00883. The normalized spacial score (nSPS) is 17.5. The number of rotatable bonds is 6. The van der Waals surface area contributed by atoms with E-state index < -0.39 is 0 Å². The zero-order valence-electron chi connectivity index (χ0n) is 17.2. The number of ether oxygens (including phenoxy) is 2. The summed E-state index contributed by atoms with van der Waals surface area (Å²) in [7, 11) is 3.32. The van der Waals surface area contributed by atoms with E-state index in [4.69, 9.17) is 9.47 Å². The van der Waals surface area contributed by atoms with Gasteiger partial charge in [-0.05, 0) is 43.2 Å². The zero-order valence-corrected chi connectivity index (χ0v) is 17.2. The van der Waals surface area contributed by atoms with Crippen LogP contribution in [0.4, 0.5) is 0 Å². The average Bonchev–Trinajstić information content (AvgIpc) is 3.40. The summed E-state index contributed by atoms with van der Waals surface area (Å²) >= 11 is 0. The number of imidazole rings is 1. The minimum Gasteiger partial charge on any atom is -0.497 e. The molecule has 152 valence electrons. The second-order valence-electron chi connectivity index (χ2n) is 7.58. The average molecular weight is 393 g/mol. The third-order valence-corrected chi connectivity index (χ3v) is 5.75. The maximum Gasteiger partial charge on any atom is 0.227 e. The molecule has 2 unspecified atom stereocenters. The molecular formula is C23H27N3O3. The van der Waals surface area contributed by atoms with Gasteiger partial charge in [-0.25, -0.2) is 4.98 Å². The molecule has 1 aliphatic rings. The lowest BCUT2D eigenvalue weighted by molar-refractivity contribution is -0.136. The van der Waals surface area contributed by atoms with Crippen molar-refractivity contribution < 1.29 is 14.3 Å². The molecule has 0 spiro atoms. The van der Waals surface area contributed by atoms with E-state index in [0.29, 0.717) is 6.54 Å². The quantitative estimate of drug-likeness (QED) is 0.634. The van der Waals surface area contributed by atoms with Gasteiger partial charge in [-0.1, -0.05) is 19.1 Å². The van der Waals surface area contributed by atoms with Crippen LogP contribution in [0.1, 0.15) is 31.4 Å². The number of likely N-dealkylation sites (tertiary alicyclic amines) is 1. The first-order chi connectivity index (χ1) is 14.1. The fourth-order valence-electron chi connectivity index (χ4n) is 4.27. The Kier molecular flexibility index (Phi) is 5.43. The van der Waals surface area contributed by atoms with Crippen LogP contribution >= 0.6 is 0 Å². The number of hydrogen-bond donors (Lipinski definition) is 0. The number of nitrogens with zero attached hydrogens (tertiary/aromatic N) is 3. The van der Waals surface area contributed by atoms with E-state index in [2.05, 4.69) is 9.55 Å². The van der Waals surface area contributed by atoms with Crippen molar-refractivity contribution >= 4 is 16.9 Å². The van der Waals surface area contributed by atoms with E-state index in [9.17, 15) is 4.79 Å². The molecule has 3 aromatic rings. The Bertz CT molecular complexity index is 1010. The molecule has 1 amide bonds. The Morgan fingerprint density at radius 2 is 2.03 bits per heavy atom. The summed E-state index contributed by atoms with van der Waals surface area (Å²) in [4.78, 5) is 19.8. The number of hydrogen-bond acceptors (Lipinski definition) is 4. The molecule has 4 rings (SSSR count). The summed E-state index contributed by atoms with van der Waals surface area (Å²) in [5.41, 5.74) is 3.02. The number of carbonyl (C=O) groups is 1. The second kappa shape index (κ2) is 8.15. The standard InChI is InChI=1S/C23H27N3O3/c1-16(14-25-15-24-19-7-4-5-8-21(19)25)23(27)26-12-6-9-20(26)18-13-17(28-2)10-11-22(18)29-3/h4-5,7-8,10-11,13,15-16,20H,6,9,12,14H2,1-3H3. The lowest BCUT2D eigenvalue weighted by Crippen LogP contribution is -2.36. The number of carbonyl (C=O) groups excluding carboxylic acids is 1. The molecular weight excluding hydrogens is 366 g/mol. The molecule has 0 bridgehead atoms. The van der Waals surface area contributed by atoms with Gasteiger partial charge in [0.15, 0.2) is 0 Å². The van der Waals surface area contributed by atoms with Crippen LogP contribution in [0.5, 0.6) is 11.5 Å². The van der Waals surface area contributed by atoms with Crippen molar-refractivity contribution in [2.24, 2.45) is 5.92 Å². The minimum atomic E-state index is -0.148. The molecule has 2 aromatic carbocycles. The molecule has 0 aliphatic carbocycles. The number of benzene rings is 2. The van der Waals surface area contributed by atoms with Gasteiger partial charge in [0.05, 0.1) is 43.5 Å². The molecule has 1 fully saturated rings. The van der Waals surface area contributed by atoms with Gasteiger partial charge in [0, 0.05) is 18.7 Å². The summed E-state index contributed by atoms with van der Waals surface area (Å²) in [6, 6.07) is 13.8. The Balaban J connectivity index is 1.56. The van der Waals surface area contributed by atoms with Crippen molar-refractivity contribution in [3.8, 4) is 11.5 Å². The highest BCUT2D eigenvalue weighted by Gasteiger charge is 2.34. The van der Waals surface area contributed by atoms with E-state index in [1.165, 1.54) is 0 Å². The van der Waals surface area contributed by atoms with Crippen molar-refractivity contribution in [1.82, 2.24) is 14.5 Å². The van der Waals surface area contributed by atoms with E-state index in [0.717, 1.165) is 47.5 Å². The fourth-order valence-corrected chi connectivity index (χ4v) is 4.27. The second-order valence-corrected chi connectivity index (χ2v) is 7.58. The molecule has 1 aromatic heterocycles. The summed E-state index contributed by atoms with van der Waals surface area (Å²) < 4.78 is 13.0. The highest BCUT2D eigenvalue weighted by atomic mass is 16.5. The number of aromatic nitrogens is 2. The van der Waals surface area contributed by atoms with Gasteiger partial charge in [0.25, 0.3) is 0 Å². The summed E-state index contributed by atoms with van der Waals surface area (Å²) in [6.45, 7) is 3.37. The summed E-state index contributed by atoms with van der Waals surface area (Å²) in [5, 5.41) is 0. The number of fused-ring (bicyclic) bond motifs is 1. The molecule has 0 radical (unpaired) electrons. The van der Waals surface area contributed by atoms with Gasteiger partial charge in [0.1, 0.15) is 11.5 Å². The van der Waals surface area contributed by atoms with Crippen molar-refractivity contribution in [3.05, 3.63) is 54.4 Å². The molecule has 29 heavy (non-hydrogen) atoms. The number of amides is 1. The van der Waals surface area contributed by atoms with Crippen LogP contribution in [0.25, 0.3) is 11.0 Å². The zero-order chi connectivity index (χ0) is 20.4. The molecule has 1 saturated heterocycles. The van der Waals surface area contributed by atoms with Gasteiger partial charge in [-0.3, -0.25) is 4.79 Å². The van der Waals surface area contributed by atoms with Crippen molar-refractivity contribution in [2.75, 3.05) is 20.8 Å². The van der Waals surface area contributed by atoms with Crippen molar-refractivity contribution in [1.29, 1.82) is 0 Å². The number of methoxy groups -OCH3 is 2. The van der Waals surface area contributed by atoms with Crippen molar-refractivity contribution in [3.63, 3.8) is 0 Å². The topological polar surface area (TPSA) is 56.6 Å². The Labute approximate surface area is 171 Å². The predicted octanol–water partition coefficient (Wildman–Crippen LogP) is 4.05. The first-order valence-electron chi connectivity index (χ1n) is 10.0. The first kappa shape index (κ1) is 19.3. The molecule has 0 saturated carbocycles. The van der Waals surface area contributed by atoms with E-state index in [1.807, 2.05) is 60.6 Å². The molecule has 1 aliphatic heterocycles. The van der Waals surface area contributed by atoms with Crippen LogP contribution in [0, 0.1) is 5.92 Å². The van der Waals surface area contributed by atoms with Crippen LogP contribution in [-0.2, 0) is 11.3 Å². The van der Waals surface area contributed by atoms with Crippen LogP contribution in [0.3, 0.4) is 0 Å². The maximum absolute atomic E-state index is 13.4. The highest BCUT2D eigenvalue weighted by molar-refractivity contribution is 5.80. The number of para-hydroxylation sites is 2. The molecule has 0 N–H and O–H groups in total. The molecule has 2 atom stereocenters. The first-order valence-corrected chi connectivity index (χ1v) is 10.0. The lowest BCUT2D eigenvalue weighted by atomic mass is 10.0. The van der Waals surface area contributed by atoms with Crippen LogP contribution in [0.2, 0.25) is 0 Å². The predicted molar refractivity (Wildman–Crippen MR) is 112 cm³/mol. The van der Waals surface area contributed by atoms with Crippen molar-refractivity contribution in [2.45, 2.75) is 32.4 Å². The lowest BCUT2D eigenvalue weighted by Gasteiger charge is -2.29. The maximum atomic E-state index is 13.4. The van der Waals surface area contributed by atoms with Crippen LogP contribution in [0.15, 0.2) is 48.8 Å². The Morgan fingerprint density at radius 1 is 1.21 bits per heavy atom. The van der Waals surface area contributed by atoms with Gasteiger partial charge in [0.2, 0.25) is 5.91 Å². The Hall–Kier alpha value is -3.02. The van der Waals surface area contributed by atoms with Crippen LogP contribution in [-0.4, -0.2) is 41.1 Å². The Morgan fingerprint density at radius 3 is 2.83 bits per heavy atom. The largest absolute Gasteiger partial charge is 0.497 e. The van der Waals surface area contributed by atoms with Crippen LogP contribution < -0.4 is 9.47 Å². The molecule has 6 heteroatoms. The molecule has 6 nitrogen and oxygen atoms in total. The van der Waals surface area contributed by atoms with E-state index in [1.54, 1.807) is 14.2 Å². The SMILES string of the molecule is COc1ccc(OC)c(C2CCCN2C(=O)C(C)Cn2cnc3ccccc32)c1. The highest BCUT2D eigenvalue weighted by Crippen LogP contribution is 2.39. The van der Waals surface area contributed by atoms with E-state index >= 15 is 0 Å². The monoisotopic (exact) mass is 393 g/mol. The van der Waals surface area contributed by atoms with E-state index in [-0.39, 0.29) is 17.9 Å². The van der Waals surface area contributed by atoms with Gasteiger partial charge in [-0.2, -0.15) is 0 Å². The third-order valence-electron chi connectivity index (χ3n) is 5.75. The van der Waals surface area contributed by atoms with Gasteiger partial charge in [-0.15, -0.1) is 0 Å². The smallest absolute Gasteiger partial charge is 0.227 e. The molecule has 2 heterocycles. The van der Waals surface area contributed by atoms with Gasteiger partial charge < -0.3 is 18.9 Å².